The van der Waals surface area contributed by atoms with Gasteiger partial charge in [0.2, 0.25) is 17.8 Å². The number of anilines is 2. The molecule has 1 aromatic carbocycles. The van der Waals surface area contributed by atoms with E-state index in [2.05, 4.69) is 19.9 Å². The number of nitrogens with zero attached hydrogens (tertiary/aromatic N) is 8. The van der Waals surface area contributed by atoms with Crippen LogP contribution in [0.2, 0.25) is 0 Å². The molecule has 206 valence electrons. The van der Waals surface area contributed by atoms with Crippen LogP contribution in [0.4, 0.5) is 20.7 Å². The fourth-order valence-corrected chi connectivity index (χ4v) is 4.48. The normalized spacial score (nSPS) is 17.6. The summed E-state index contributed by atoms with van der Waals surface area (Å²) >= 11 is 0. The van der Waals surface area contributed by atoms with Crippen LogP contribution >= 0.6 is 0 Å². The first kappa shape index (κ1) is 26.4. The van der Waals surface area contributed by atoms with E-state index in [1.807, 2.05) is 28.8 Å². The monoisotopic (exact) mass is 534 g/mol. The number of rotatable bonds is 9. The number of aliphatic hydroxyl groups is 1. The Morgan fingerprint density at radius 2 is 1.50 bits per heavy atom. The van der Waals surface area contributed by atoms with Gasteiger partial charge in [-0.15, -0.1) is 0 Å². The van der Waals surface area contributed by atoms with E-state index < -0.39 is 18.4 Å². The molecule has 1 atom stereocenters. The second-order valence-corrected chi connectivity index (χ2v) is 9.39. The number of benzene rings is 1. The van der Waals surface area contributed by atoms with Crippen molar-refractivity contribution in [1.29, 1.82) is 0 Å². The number of aliphatic hydroxyl groups excluding tert-OH is 1. The van der Waals surface area contributed by atoms with E-state index in [4.69, 9.17) is 14.2 Å². The van der Waals surface area contributed by atoms with E-state index in [9.17, 15) is 13.9 Å². The molecule has 38 heavy (non-hydrogen) atoms. The van der Waals surface area contributed by atoms with Crippen LogP contribution in [-0.4, -0.2) is 120 Å². The van der Waals surface area contributed by atoms with Crippen molar-refractivity contribution in [2.75, 3.05) is 89.7 Å². The Labute approximate surface area is 218 Å². The molecule has 4 heterocycles. The van der Waals surface area contributed by atoms with Crippen LogP contribution in [0.3, 0.4) is 0 Å². The number of alkyl halides is 2. The lowest BCUT2D eigenvalue weighted by atomic mass is 10.3. The fraction of sp³-hybridized carbons (Fsp3) is 0.583. The Kier molecular flexibility index (Phi) is 8.12. The van der Waals surface area contributed by atoms with Crippen molar-refractivity contribution in [3.05, 3.63) is 24.0 Å². The number of likely N-dealkylation sites (N-methyl/N-ethyl adjacent to an activating group) is 1. The molecular formula is C24H32F2N8O4. The van der Waals surface area contributed by atoms with E-state index >= 15 is 0 Å². The van der Waals surface area contributed by atoms with Crippen LogP contribution in [0, 0.1) is 0 Å². The van der Waals surface area contributed by atoms with Crippen LogP contribution < -0.4 is 14.5 Å². The van der Waals surface area contributed by atoms with Crippen LogP contribution in [0.1, 0.15) is 12.2 Å². The molecule has 2 fully saturated rings. The second kappa shape index (κ2) is 11.7. The van der Waals surface area contributed by atoms with Crippen LogP contribution in [-0.2, 0) is 9.47 Å². The molecule has 1 N–H and O–H groups in total. The standard InChI is InChI=1S/C24H32F2N8O4/c1-31(2)14-16(35)15-38-18-5-3-4-17-19(18)27-21(20(25)26)34(17)24-29-22(32-6-10-36-11-7-32)28-23(30-24)33-8-12-37-13-9-33/h3-5,16,20,35H,6-15H2,1-2H3. The van der Waals surface area contributed by atoms with Gasteiger partial charge in [0.1, 0.15) is 24.0 Å². The first-order valence-electron chi connectivity index (χ1n) is 12.6. The van der Waals surface area contributed by atoms with Crippen molar-refractivity contribution in [1.82, 2.24) is 29.4 Å². The highest BCUT2D eigenvalue weighted by Crippen LogP contribution is 2.32. The minimum absolute atomic E-state index is 0.0116. The van der Waals surface area contributed by atoms with Gasteiger partial charge in [-0.1, -0.05) is 6.07 Å². The van der Waals surface area contributed by atoms with E-state index in [1.165, 1.54) is 4.57 Å². The van der Waals surface area contributed by atoms with E-state index in [0.717, 1.165) is 0 Å². The lowest BCUT2D eigenvalue weighted by Crippen LogP contribution is -2.40. The van der Waals surface area contributed by atoms with Gasteiger partial charge in [0.25, 0.3) is 6.43 Å². The number of morpholine rings is 2. The van der Waals surface area contributed by atoms with Crippen molar-refractivity contribution in [2.45, 2.75) is 12.5 Å². The molecule has 2 saturated heterocycles. The van der Waals surface area contributed by atoms with Crippen LogP contribution in [0.5, 0.6) is 5.75 Å². The van der Waals surface area contributed by atoms with Gasteiger partial charge in [0.15, 0.2) is 5.82 Å². The summed E-state index contributed by atoms with van der Waals surface area (Å²) in [6, 6.07) is 5.00. The van der Waals surface area contributed by atoms with Gasteiger partial charge in [-0.05, 0) is 26.2 Å². The number of hydrogen-bond donors (Lipinski definition) is 1. The molecule has 0 radical (unpaired) electrons. The summed E-state index contributed by atoms with van der Waals surface area (Å²) in [5.41, 5.74) is 0.605. The maximum Gasteiger partial charge on any atom is 0.296 e. The second-order valence-electron chi connectivity index (χ2n) is 9.39. The highest BCUT2D eigenvalue weighted by Gasteiger charge is 2.27. The average Bonchev–Trinajstić information content (AvgIpc) is 3.33. The van der Waals surface area contributed by atoms with Gasteiger partial charge < -0.3 is 34.0 Å². The summed E-state index contributed by atoms with van der Waals surface area (Å²) in [6.07, 6.45) is -3.65. The molecule has 12 nitrogen and oxygen atoms in total. The smallest absolute Gasteiger partial charge is 0.296 e. The Morgan fingerprint density at radius 1 is 0.921 bits per heavy atom. The highest BCUT2D eigenvalue weighted by atomic mass is 19.3. The zero-order chi connectivity index (χ0) is 26.6. The highest BCUT2D eigenvalue weighted by molar-refractivity contribution is 5.84. The van der Waals surface area contributed by atoms with Gasteiger partial charge in [-0.25, -0.2) is 13.8 Å². The lowest BCUT2D eigenvalue weighted by Gasteiger charge is -2.30. The number of aromatic nitrogens is 5. The van der Waals surface area contributed by atoms with Crippen molar-refractivity contribution in [3.8, 4) is 11.7 Å². The molecule has 0 bridgehead atoms. The topological polar surface area (TPSA) is 114 Å². The van der Waals surface area contributed by atoms with Gasteiger partial charge >= 0.3 is 0 Å². The number of halogens is 2. The molecule has 1 unspecified atom stereocenters. The van der Waals surface area contributed by atoms with Crippen LogP contribution in [0.15, 0.2) is 18.2 Å². The largest absolute Gasteiger partial charge is 0.488 e. The van der Waals surface area contributed by atoms with Crippen LogP contribution in [0.25, 0.3) is 17.0 Å². The number of imidazole rings is 1. The van der Waals surface area contributed by atoms with E-state index in [-0.39, 0.29) is 23.8 Å². The molecule has 0 spiro atoms. The minimum Gasteiger partial charge on any atom is -0.488 e. The van der Waals surface area contributed by atoms with Crippen molar-refractivity contribution in [3.63, 3.8) is 0 Å². The van der Waals surface area contributed by atoms with Crippen molar-refractivity contribution in [2.24, 2.45) is 0 Å². The minimum atomic E-state index is -2.90. The van der Waals surface area contributed by atoms with Crippen molar-refractivity contribution < 1.29 is 28.1 Å². The summed E-state index contributed by atoms with van der Waals surface area (Å²) in [7, 11) is 3.68. The molecule has 14 heteroatoms. The van der Waals surface area contributed by atoms with E-state index in [0.29, 0.717) is 76.6 Å². The van der Waals surface area contributed by atoms with Gasteiger partial charge in [0.05, 0.1) is 31.9 Å². The van der Waals surface area contributed by atoms with Gasteiger partial charge in [-0.3, -0.25) is 4.57 Å². The first-order chi connectivity index (χ1) is 18.4. The number of ether oxygens (including phenoxy) is 3. The summed E-state index contributed by atoms with van der Waals surface area (Å²) in [5.74, 6) is 0.612. The SMILES string of the molecule is CN(C)CC(O)COc1cccc2c1nc(C(F)F)n2-c1nc(N2CCOCC2)nc(N2CCOCC2)n1. The third-order valence-electron chi connectivity index (χ3n) is 6.26. The molecule has 0 aliphatic carbocycles. The Bertz CT molecular complexity index is 1200. The van der Waals surface area contributed by atoms with Crippen molar-refractivity contribution >= 4 is 22.9 Å². The maximum absolute atomic E-state index is 14.4. The molecule has 0 saturated carbocycles. The number of hydrogen-bond acceptors (Lipinski definition) is 11. The van der Waals surface area contributed by atoms with Gasteiger partial charge in [-0.2, -0.15) is 15.0 Å². The Hall–Kier alpha value is -3.20. The zero-order valence-electron chi connectivity index (χ0n) is 21.5. The fourth-order valence-electron chi connectivity index (χ4n) is 4.48. The Morgan fingerprint density at radius 3 is 2.05 bits per heavy atom. The third-order valence-corrected chi connectivity index (χ3v) is 6.26. The summed E-state index contributed by atoms with van der Waals surface area (Å²) in [5, 5.41) is 10.2. The van der Waals surface area contributed by atoms with Gasteiger partial charge in [0, 0.05) is 32.7 Å². The molecule has 2 aliphatic rings. The molecule has 0 amide bonds. The summed E-state index contributed by atoms with van der Waals surface area (Å²) in [4.78, 5) is 23.9. The number of fused-ring (bicyclic) bond motifs is 1. The summed E-state index contributed by atoms with van der Waals surface area (Å²) < 4.78 is 46.7. The predicted molar refractivity (Wildman–Crippen MR) is 136 cm³/mol. The molecule has 3 aromatic rings. The zero-order valence-corrected chi connectivity index (χ0v) is 21.5. The third kappa shape index (κ3) is 5.77. The average molecular weight is 535 g/mol. The quantitative estimate of drug-likeness (QED) is 0.426. The Balaban J connectivity index is 1.58. The molecule has 5 rings (SSSR count). The lowest BCUT2D eigenvalue weighted by molar-refractivity contribution is 0.0836. The summed E-state index contributed by atoms with van der Waals surface area (Å²) in [6.45, 7) is 4.76. The number of para-hydroxylation sites is 1. The van der Waals surface area contributed by atoms with E-state index in [1.54, 1.807) is 18.2 Å². The predicted octanol–water partition coefficient (Wildman–Crippen LogP) is 1.12. The maximum atomic E-state index is 14.4. The molecular weight excluding hydrogens is 502 g/mol. The molecule has 2 aliphatic heterocycles. The first-order valence-corrected chi connectivity index (χ1v) is 12.6. The molecule has 2 aromatic heterocycles.